The van der Waals surface area contributed by atoms with Gasteiger partial charge in [-0.2, -0.15) is 0 Å². The number of anilines is 2. The summed E-state index contributed by atoms with van der Waals surface area (Å²) in [6, 6.07) is 18.9. The lowest BCUT2D eigenvalue weighted by atomic mass is 10.1. The van der Waals surface area contributed by atoms with Crippen molar-refractivity contribution in [1.82, 2.24) is 0 Å². The smallest absolute Gasteiger partial charge is 0.266 e. The minimum atomic E-state index is -0.405. The summed E-state index contributed by atoms with van der Waals surface area (Å²) in [7, 11) is 0. The molecule has 0 aliphatic carbocycles. The highest BCUT2D eigenvalue weighted by atomic mass is 79.9. The van der Waals surface area contributed by atoms with E-state index in [1.54, 1.807) is 42.5 Å². The molecule has 1 heterocycles. The molecule has 0 radical (unpaired) electrons. The van der Waals surface area contributed by atoms with E-state index in [2.05, 4.69) is 21.2 Å². The minimum Gasteiger partial charge on any atom is -0.322 e. The summed E-state index contributed by atoms with van der Waals surface area (Å²) in [6.07, 6.45) is 0. The van der Waals surface area contributed by atoms with Crippen LogP contribution in [0.2, 0.25) is 0 Å². The van der Waals surface area contributed by atoms with Crippen molar-refractivity contribution < 1.29 is 14.4 Å². The van der Waals surface area contributed by atoms with Crippen molar-refractivity contribution in [3.63, 3.8) is 0 Å². The maximum absolute atomic E-state index is 12.7. The van der Waals surface area contributed by atoms with Crippen molar-refractivity contribution in [3.05, 3.63) is 93.5 Å². The summed E-state index contributed by atoms with van der Waals surface area (Å²) >= 11 is 3.32. The molecule has 0 bridgehead atoms. The minimum absolute atomic E-state index is 0.315. The van der Waals surface area contributed by atoms with Gasteiger partial charge in [0.2, 0.25) is 0 Å². The van der Waals surface area contributed by atoms with E-state index in [1.165, 1.54) is 0 Å². The van der Waals surface area contributed by atoms with Gasteiger partial charge in [0.1, 0.15) is 0 Å². The number of hydrogen-bond acceptors (Lipinski definition) is 3. The second kappa shape index (κ2) is 7.05. The number of fused-ring (bicyclic) bond motifs is 1. The van der Waals surface area contributed by atoms with E-state index < -0.39 is 11.8 Å². The Morgan fingerprint density at radius 2 is 1.61 bits per heavy atom. The first-order chi connectivity index (χ1) is 13.4. The van der Waals surface area contributed by atoms with Crippen LogP contribution in [-0.2, 0) is 0 Å². The zero-order valence-electron chi connectivity index (χ0n) is 14.9. The normalized spacial score (nSPS) is 12.9. The Morgan fingerprint density at radius 1 is 0.893 bits per heavy atom. The summed E-state index contributed by atoms with van der Waals surface area (Å²) in [5.41, 5.74) is 3.18. The number of carbonyl (C=O) groups excluding carboxylic acids is 3. The van der Waals surface area contributed by atoms with Gasteiger partial charge in [-0.05, 0) is 55.5 Å². The Bertz CT molecular complexity index is 1120. The number of nitrogens with one attached hydrogen (secondary N) is 1. The fourth-order valence-electron chi connectivity index (χ4n) is 3.07. The maximum atomic E-state index is 12.7. The van der Waals surface area contributed by atoms with E-state index in [0.29, 0.717) is 28.1 Å². The van der Waals surface area contributed by atoms with Crippen LogP contribution in [-0.4, -0.2) is 17.7 Å². The van der Waals surface area contributed by atoms with Gasteiger partial charge in [-0.1, -0.05) is 39.7 Å². The molecule has 0 fully saturated rings. The lowest BCUT2D eigenvalue weighted by Crippen LogP contribution is -2.29. The lowest BCUT2D eigenvalue weighted by Gasteiger charge is -2.15. The SMILES string of the molecule is Cc1ccc(NC(=O)c2cccc(N3C(=O)c4ccc(Br)cc4C3=O)c2)cc1. The van der Waals surface area contributed by atoms with Crippen LogP contribution >= 0.6 is 15.9 Å². The highest BCUT2D eigenvalue weighted by Gasteiger charge is 2.36. The highest BCUT2D eigenvalue weighted by Crippen LogP contribution is 2.30. The molecule has 0 atom stereocenters. The molecule has 138 valence electrons. The Balaban J connectivity index is 1.62. The van der Waals surface area contributed by atoms with Crippen molar-refractivity contribution in [1.29, 1.82) is 0 Å². The summed E-state index contributed by atoms with van der Waals surface area (Å²) in [5.74, 6) is -1.12. The van der Waals surface area contributed by atoms with E-state index in [9.17, 15) is 14.4 Å². The van der Waals surface area contributed by atoms with Gasteiger partial charge >= 0.3 is 0 Å². The molecule has 6 heteroatoms. The second-order valence-electron chi connectivity index (χ2n) is 6.51. The van der Waals surface area contributed by atoms with Crippen molar-refractivity contribution in [2.75, 3.05) is 10.2 Å². The third-order valence-corrected chi connectivity index (χ3v) is 5.02. The quantitative estimate of drug-likeness (QED) is 0.601. The van der Waals surface area contributed by atoms with E-state index in [4.69, 9.17) is 0 Å². The van der Waals surface area contributed by atoms with Gasteiger partial charge in [-0.15, -0.1) is 0 Å². The van der Waals surface area contributed by atoms with Gasteiger partial charge in [0, 0.05) is 15.7 Å². The summed E-state index contributed by atoms with van der Waals surface area (Å²) in [5, 5.41) is 2.82. The summed E-state index contributed by atoms with van der Waals surface area (Å²) in [4.78, 5) is 39.1. The van der Waals surface area contributed by atoms with Crippen LogP contribution in [0.3, 0.4) is 0 Å². The summed E-state index contributed by atoms with van der Waals surface area (Å²) < 4.78 is 0.723. The molecule has 0 saturated heterocycles. The van der Waals surface area contributed by atoms with Gasteiger partial charge in [-0.25, -0.2) is 4.90 Å². The lowest BCUT2D eigenvalue weighted by molar-refractivity contribution is 0.0924. The Hall–Kier alpha value is -3.25. The van der Waals surface area contributed by atoms with Gasteiger partial charge in [0.15, 0.2) is 0 Å². The largest absolute Gasteiger partial charge is 0.322 e. The van der Waals surface area contributed by atoms with Crippen molar-refractivity contribution in [3.8, 4) is 0 Å². The van der Waals surface area contributed by atoms with E-state index in [0.717, 1.165) is 14.9 Å². The predicted molar refractivity (Wildman–Crippen MR) is 111 cm³/mol. The molecule has 4 rings (SSSR count). The number of carbonyl (C=O) groups is 3. The number of aryl methyl sites for hydroxylation is 1. The fourth-order valence-corrected chi connectivity index (χ4v) is 3.44. The Kier molecular flexibility index (Phi) is 4.57. The zero-order valence-corrected chi connectivity index (χ0v) is 16.5. The number of halogens is 1. The first-order valence-corrected chi connectivity index (χ1v) is 9.40. The Morgan fingerprint density at radius 3 is 2.36 bits per heavy atom. The first-order valence-electron chi connectivity index (χ1n) is 8.60. The van der Waals surface area contributed by atoms with Gasteiger partial charge < -0.3 is 5.32 Å². The van der Waals surface area contributed by atoms with Gasteiger partial charge in [0.05, 0.1) is 16.8 Å². The molecule has 3 aromatic rings. The molecule has 0 aromatic heterocycles. The molecule has 3 aromatic carbocycles. The molecule has 28 heavy (non-hydrogen) atoms. The molecule has 3 amide bonds. The van der Waals surface area contributed by atoms with Crippen LogP contribution in [0.1, 0.15) is 36.6 Å². The third kappa shape index (κ3) is 3.23. The third-order valence-electron chi connectivity index (χ3n) is 4.52. The molecule has 0 spiro atoms. The molecule has 0 unspecified atom stereocenters. The van der Waals surface area contributed by atoms with Crippen LogP contribution < -0.4 is 10.2 Å². The number of imide groups is 1. The molecule has 5 nitrogen and oxygen atoms in total. The van der Waals surface area contributed by atoms with Crippen LogP contribution in [0.4, 0.5) is 11.4 Å². The van der Waals surface area contributed by atoms with E-state index in [-0.39, 0.29) is 5.91 Å². The summed E-state index contributed by atoms with van der Waals surface area (Å²) in [6.45, 7) is 1.97. The van der Waals surface area contributed by atoms with E-state index >= 15 is 0 Å². The standard InChI is InChI=1S/C22H15BrN2O3/c1-13-5-8-16(9-6-13)24-20(26)14-3-2-4-17(11-14)25-21(27)18-10-7-15(23)12-19(18)22(25)28/h2-12H,1H3,(H,24,26). The monoisotopic (exact) mass is 434 g/mol. The number of rotatable bonds is 3. The van der Waals surface area contributed by atoms with Crippen molar-refractivity contribution in [2.45, 2.75) is 6.92 Å². The molecule has 1 N–H and O–H groups in total. The van der Waals surface area contributed by atoms with Crippen molar-refractivity contribution in [2.24, 2.45) is 0 Å². The number of hydrogen-bond donors (Lipinski definition) is 1. The van der Waals surface area contributed by atoms with Crippen LogP contribution in [0, 0.1) is 6.92 Å². The number of nitrogens with zero attached hydrogens (tertiary/aromatic N) is 1. The molecule has 1 aliphatic heterocycles. The topological polar surface area (TPSA) is 66.5 Å². The van der Waals surface area contributed by atoms with Crippen LogP contribution in [0.15, 0.2) is 71.2 Å². The number of benzene rings is 3. The molecular weight excluding hydrogens is 420 g/mol. The fraction of sp³-hybridized carbons (Fsp3) is 0.0455. The molecule has 0 saturated carbocycles. The predicted octanol–water partition coefficient (Wildman–Crippen LogP) is 4.81. The maximum Gasteiger partial charge on any atom is 0.266 e. The zero-order chi connectivity index (χ0) is 19.8. The first kappa shape index (κ1) is 18.1. The van der Waals surface area contributed by atoms with Crippen LogP contribution in [0.25, 0.3) is 0 Å². The molecular formula is C22H15BrN2O3. The second-order valence-corrected chi connectivity index (χ2v) is 7.42. The van der Waals surface area contributed by atoms with Crippen molar-refractivity contribution >= 4 is 45.0 Å². The van der Waals surface area contributed by atoms with Gasteiger partial charge in [-0.3, -0.25) is 14.4 Å². The van der Waals surface area contributed by atoms with E-state index in [1.807, 2.05) is 31.2 Å². The average Bonchev–Trinajstić information content (AvgIpc) is 2.93. The van der Waals surface area contributed by atoms with Crippen LogP contribution in [0.5, 0.6) is 0 Å². The van der Waals surface area contributed by atoms with Gasteiger partial charge in [0.25, 0.3) is 17.7 Å². The average molecular weight is 435 g/mol. The Labute approximate surface area is 170 Å². The number of amides is 3. The highest BCUT2D eigenvalue weighted by molar-refractivity contribution is 9.10. The molecule has 1 aliphatic rings.